The Kier molecular flexibility index (Phi) is 5.70. The molecule has 1 aliphatic rings. The van der Waals surface area contributed by atoms with E-state index in [2.05, 4.69) is 17.6 Å². The molecule has 3 rings (SSSR count). The summed E-state index contributed by atoms with van der Waals surface area (Å²) in [6, 6.07) is 5.17. The lowest BCUT2D eigenvalue weighted by atomic mass is 9.88. The molecule has 0 aliphatic heterocycles. The van der Waals surface area contributed by atoms with E-state index >= 15 is 0 Å². The van der Waals surface area contributed by atoms with Crippen LogP contribution in [0.3, 0.4) is 0 Å². The molecule has 0 bridgehead atoms. The minimum Gasteiger partial charge on any atom is -0.496 e. The fraction of sp³-hybridized carbons (Fsp3) is 0.400. The number of methoxy groups -OCH3 is 2. The van der Waals surface area contributed by atoms with Gasteiger partial charge in [0, 0.05) is 11.9 Å². The van der Waals surface area contributed by atoms with E-state index in [4.69, 9.17) is 9.47 Å². The maximum absolute atomic E-state index is 13.0. The highest BCUT2D eigenvalue weighted by Crippen LogP contribution is 2.40. The lowest BCUT2D eigenvalue weighted by molar-refractivity contribution is 0.0963. The third-order valence-corrected chi connectivity index (χ3v) is 6.02. The van der Waals surface area contributed by atoms with Gasteiger partial charge in [0.25, 0.3) is 11.8 Å². The molecule has 7 heteroatoms. The molecular formula is C20H24N2O4S. The van der Waals surface area contributed by atoms with Crippen molar-refractivity contribution in [1.82, 2.24) is 5.32 Å². The number of hydrogen-bond acceptors (Lipinski definition) is 5. The lowest BCUT2D eigenvalue weighted by Crippen LogP contribution is -2.23. The molecule has 0 fully saturated rings. The standard InChI is InChI=1S/C20H24N2O4S/c1-11-8-9-12-15(10-11)27-20(16(12)18(23)21-2)22-19(24)17-13(25-3)6-5-7-14(17)26-4/h5-7,11H,8-10H2,1-4H3,(H,21,23)(H,22,24). The van der Waals surface area contributed by atoms with Crippen molar-refractivity contribution < 1.29 is 19.1 Å². The van der Waals surface area contributed by atoms with E-state index in [1.807, 2.05) is 0 Å². The summed E-state index contributed by atoms with van der Waals surface area (Å²) in [5.74, 6) is 0.878. The third-order valence-electron chi connectivity index (χ3n) is 4.85. The maximum Gasteiger partial charge on any atom is 0.263 e. The Morgan fingerprint density at radius 2 is 1.78 bits per heavy atom. The molecule has 6 nitrogen and oxygen atoms in total. The normalized spacial score (nSPS) is 15.6. The van der Waals surface area contributed by atoms with E-state index in [1.54, 1.807) is 25.2 Å². The number of carbonyl (C=O) groups is 2. The van der Waals surface area contributed by atoms with Gasteiger partial charge in [-0.05, 0) is 42.9 Å². The van der Waals surface area contributed by atoms with E-state index in [9.17, 15) is 9.59 Å². The first-order valence-electron chi connectivity index (χ1n) is 8.89. The highest BCUT2D eigenvalue weighted by Gasteiger charge is 2.29. The first kappa shape index (κ1) is 19.2. The Labute approximate surface area is 162 Å². The summed E-state index contributed by atoms with van der Waals surface area (Å²) in [7, 11) is 4.62. The molecule has 0 spiro atoms. The number of thiophene rings is 1. The fourth-order valence-electron chi connectivity index (χ4n) is 3.44. The topological polar surface area (TPSA) is 76.7 Å². The molecule has 1 aromatic carbocycles. The average molecular weight is 388 g/mol. The number of hydrogen-bond donors (Lipinski definition) is 2. The predicted octanol–water partition coefficient (Wildman–Crippen LogP) is 3.50. The van der Waals surface area contributed by atoms with Crippen LogP contribution in [0.1, 0.15) is 44.5 Å². The number of carbonyl (C=O) groups excluding carboxylic acids is 2. The SMILES string of the molecule is CNC(=O)c1c(NC(=O)c2c(OC)cccc2OC)sc2c1CCC(C)C2. The summed E-state index contributed by atoms with van der Waals surface area (Å²) >= 11 is 1.48. The van der Waals surface area contributed by atoms with Gasteiger partial charge in [0.15, 0.2) is 0 Å². The van der Waals surface area contributed by atoms with Crippen LogP contribution in [-0.4, -0.2) is 33.1 Å². The Hall–Kier alpha value is -2.54. The number of benzene rings is 1. The van der Waals surface area contributed by atoms with Crippen molar-refractivity contribution in [2.45, 2.75) is 26.2 Å². The molecule has 0 saturated carbocycles. The summed E-state index contributed by atoms with van der Waals surface area (Å²) in [6.07, 6.45) is 2.82. The molecule has 1 heterocycles. The Morgan fingerprint density at radius 3 is 2.37 bits per heavy atom. The summed E-state index contributed by atoms with van der Waals surface area (Å²) in [5.41, 5.74) is 1.94. The molecule has 27 heavy (non-hydrogen) atoms. The van der Waals surface area contributed by atoms with Crippen molar-refractivity contribution in [2.75, 3.05) is 26.6 Å². The minimum atomic E-state index is -0.360. The fourth-order valence-corrected chi connectivity index (χ4v) is 4.85. The molecule has 1 unspecified atom stereocenters. The number of amides is 2. The zero-order valence-electron chi connectivity index (χ0n) is 16.0. The molecule has 2 N–H and O–H groups in total. The first-order chi connectivity index (χ1) is 13.0. The second-order valence-electron chi connectivity index (χ2n) is 6.63. The van der Waals surface area contributed by atoms with E-state index in [-0.39, 0.29) is 11.8 Å². The van der Waals surface area contributed by atoms with Gasteiger partial charge in [0.1, 0.15) is 22.1 Å². The molecule has 1 atom stereocenters. The second kappa shape index (κ2) is 8.00. The molecule has 144 valence electrons. The second-order valence-corrected chi connectivity index (χ2v) is 7.73. The molecule has 2 amide bonds. The van der Waals surface area contributed by atoms with Gasteiger partial charge < -0.3 is 20.1 Å². The Bertz CT molecular complexity index is 853. The number of rotatable bonds is 5. The molecular weight excluding hydrogens is 364 g/mol. The third kappa shape index (κ3) is 3.64. The zero-order valence-corrected chi connectivity index (χ0v) is 16.8. The van der Waals surface area contributed by atoms with Gasteiger partial charge in [-0.3, -0.25) is 9.59 Å². The van der Waals surface area contributed by atoms with E-state index in [0.29, 0.717) is 33.5 Å². The van der Waals surface area contributed by atoms with Crippen LogP contribution >= 0.6 is 11.3 Å². The van der Waals surface area contributed by atoms with Crippen molar-refractivity contribution in [3.8, 4) is 11.5 Å². The van der Waals surface area contributed by atoms with Crippen molar-refractivity contribution in [1.29, 1.82) is 0 Å². The number of fused-ring (bicyclic) bond motifs is 1. The zero-order chi connectivity index (χ0) is 19.6. The van der Waals surface area contributed by atoms with Crippen molar-refractivity contribution in [3.63, 3.8) is 0 Å². The van der Waals surface area contributed by atoms with E-state index in [1.165, 1.54) is 30.4 Å². The smallest absolute Gasteiger partial charge is 0.263 e. The van der Waals surface area contributed by atoms with Crippen LogP contribution in [0.25, 0.3) is 0 Å². The predicted molar refractivity (Wildman–Crippen MR) is 106 cm³/mol. The van der Waals surface area contributed by atoms with Crippen LogP contribution in [0.15, 0.2) is 18.2 Å². The monoisotopic (exact) mass is 388 g/mol. The van der Waals surface area contributed by atoms with Gasteiger partial charge >= 0.3 is 0 Å². The largest absolute Gasteiger partial charge is 0.496 e. The molecule has 2 aromatic rings. The lowest BCUT2D eigenvalue weighted by Gasteiger charge is -2.18. The highest BCUT2D eigenvalue weighted by atomic mass is 32.1. The minimum absolute atomic E-state index is 0.177. The number of anilines is 1. The summed E-state index contributed by atoms with van der Waals surface area (Å²) in [4.78, 5) is 26.7. The van der Waals surface area contributed by atoms with Crippen LogP contribution in [0.2, 0.25) is 0 Å². The van der Waals surface area contributed by atoms with Crippen LogP contribution < -0.4 is 20.1 Å². The van der Waals surface area contributed by atoms with Gasteiger partial charge in [0.2, 0.25) is 0 Å². The van der Waals surface area contributed by atoms with Gasteiger partial charge in [-0.15, -0.1) is 11.3 Å². The summed E-state index contributed by atoms with van der Waals surface area (Å²) < 4.78 is 10.6. The van der Waals surface area contributed by atoms with Gasteiger partial charge in [-0.1, -0.05) is 13.0 Å². The van der Waals surface area contributed by atoms with Crippen molar-refractivity contribution in [2.24, 2.45) is 5.92 Å². The summed E-state index contributed by atoms with van der Waals surface area (Å²) in [6.45, 7) is 2.21. The molecule has 0 radical (unpaired) electrons. The quantitative estimate of drug-likeness (QED) is 0.822. The van der Waals surface area contributed by atoms with Crippen LogP contribution in [0, 0.1) is 5.92 Å². The van der Waals surface area contributed by atoms with Gasteiger partial charge in [0.05, 0.1) is 19.8 Å². The van der Waals surface area contributed by atoms with Gasteiger partial charge in [-0.2, -0.15) is 0 Å². The van der Waals surface area contributed by atoms with E-state index in [0.717, 1.165) is 24.8 Å². The van der Waals surface area contributed by atoms with Crippen molar-refractivity contribution in [3.05, 3.63) is 39.8 Å². The molecule has 1 aromatic heterocycles. The maximum atomic E-state index is 13.0. The Balaban J connectivity index is 2.01. The van der Waals surface area contributed by atoms with Crippen LogP contribution in [0.5, 0.6) is 11.5 Å². The number of nitrogens with one attached hydrogen (secondary N) is 2. The average Bonchev–Trinajstić information content (AvgIpc) is 3.03. The Morgan fingerprint density at radius 1 is 1.11 bits per heavy atom. The molecule has 0 saturated heterocycles. The summed E-state index contributed by atoms with van der Waals surface area (Å²) in [5, 5.41) is 6.19. The van der Waals surface area contributed by atoms with Crippen LogP contribution in [-0.2, 0) is 12.8 Å². The van der Waals surface area contributed by atoms with Crippen molar-refractivity contribution >= 4 is 28.2 Å². The van der Waals surface area contributed by atoms with Crippen LogP contribution in [0.4, 0.5) is 5.00 Å². The van der Waals surface area contributed by atoms with Gasteiger partial charge in [-0.25, -0.2) is 0 Å². The molecule has 1 aliphatic carbocycles. The number of ether oxygens (including phenoxy) is 2. The first-order valence-corrected chi connectivity index (χ1v) is 9.70. The highest BCUT2D eigenvalue weighted by molar-refractivity contribution is 7.17. The van der Waals surface area contributed by atoms with E-state index < -0.39 is 0 Å².